The van der Waals surface area contributed by atoms with Crippen LogP contribution >= 0.6 is 0 Å². The van der Waals surface area contributed by atoms with Crippen LogP contribution in [-0.4, -0.2) is 7.11 Å². The molecular weight excluding hydrogens is 155 g/mol. The highest BCUT2D eigenvalue weighted by Crippen LogP contribution is 2.45. The third-order valence-electron chi connectivity index (χ3n) is 2.22. The van der Waals surface area contributed by atoms with Crippen LogP contribution in [0.1, 0.15) is 24.3 Å². The van der Waals surface area contributed by atoms with E-state index >= 15 is 0 Å². The molecule has 0 aliphatic heterocycles. The summed E-state index contributed by atoms with van der Waals surface area (Å²) in [4.78, 5) is 0. The van der Waals surface area contributed by atoms with Gasteiger partial charge in [-0.3, -0.25) is 0 Å². The molecule has 0 saturated heterocycles. The zero-order valence-corrected chi connectivity index (χ0v) is 7.01. The first-order valence-corrected chi connectivity index (χ1v) is 4.15. The van der Waals surface area contributed by atoms with Crippen LogP contribution < -0.4 is 4.74 Å². The average molecular weight is 166 g/mol. The molecule has 0 heterocycles. The van der Waals surface area contributed by atoms with Gasteiger partial charge in [0, 0.05) is 5.56 Å². The van der Waals surface area contributed by atoms with Crippen molar-refractivity contribution in [2.24, 2.45) is 0 Å². The summed E-state index contributed by atoms with van der Waals surface area (Å²) in [7, 11) is 1.58. The quantitative estimate of drug-likeness (QED) is 0.656. The third kappa shape index (κ3) is 1.17. The number of ether oxygens (including phenoxy) is 1. The molecule has 2 heteroatoms. The van der Waals surface area contributed by atoms with Crippen LogP contribution in [0, 0.1) is 5.82 Å². The lowest BCUT2D eigenvalue weighted by molar-refractivity contribution is 0.404. The van der Waals surface area contributed by atoms with E-state index < -0.39 is 0 Å². The smallest absolute Gasteiger partial charge is 0.130 e. The van der Waals surface area contributed by atoms with Crippen molar-refractivity contribution in [3.05, 3.63) is 29.6 Å². The Morgan fingerprint density at radius 3 is 2.75 bits per heavy atom. The molecule has 0 atom stereocenters. The van der Waals surface area contributed by atoms with Crippen molar-refractivity contribution in [2.45, 2.75) is 18.8 Å². The van der Waals surface area contributed by atoms with Crippen LogP contribution in [0.2, 0.25) is 0 Å². The fourth-order valence-corrected chi connectivity index (χ4v) is 1.46. The molecule has 0 aromatic heterocycles. The molecule has 2 rings (SSSR count). The number of methoxy groups -OCH3 is 1. The van der Waals surface area contributed by atoms with Gasteiger partial charge >= 0.3 is 0 Å². The summed E-state index contributed by atoms with van der Waals surface area (Å²) in [6, 6.07) is 4.99. The Hall–Kier alpha value is -1.05. The summed E-state index contributed by atoms with van der Waals surface area (Å²) in [6.07, 6.45) is 2.19. The summed E-state index contributed by atoms with van der Waals surface area (Å²) >= 11 is 0. The van der Waals surface area contributed by atoms with E-state index in [1.54, 1.807) is 13.2 Å². The first kappa shape index (κ1) is 7.59. The monoisotopic (exact) mass is 166 g/mol. The SMILES string of the molecule is COc1cccc(F)c1C1CC1. The molecule has 1 saturated carbocycles. The lowest BCUT2D eigenvalue weighted by Gasteiger charge is -2.07. The van der Waals surface area contributed by atoms with Crippen molar-refractivity contribution in [3.8, 4) is 5.75 Å². The van der Waals surface area contributed by atoms with Crippen molar-refractivity contribution in [3.63, 3.8) is 0 Å². The van der Waals surface area contributed by atoms with Gasteiger partial charge in [0.05, 0.1) is 7.11 Å². The van der Waals surface area contributed by atoms with Gasteiger partial charge < -0.3 is 4.74 Å². The molecule has 1 aromatic carbocycles. The van der Waals surface area contributed by atoms with Crippen molar-refractivity contribution in [1.82, 2.24) is 0 Å². The van der Waals surface area contributed by atoms with Crippen molar-refractivity contribution in [1.29, 1.82) is 0 Å². The van der Waals surface area contributed by atoms with Crippen LogP contribution in [0.25, 0.3) is 0 Å². The number of rotatable bonds is 2. The molecule has 0 N–H and O–H groups in total. The molecule has 64 valence electrons. The van der Waals surface area contributed by atoms with E-state index in [-0.39, 0.29) is 5.82 Å². The maximum Gasteiger partial charge on any atom is 0.130 e. The minimum absolute atomic E-state index is 0.128. The highest BCUT2D eigenvalue weighted by Gasteiger charge is 2.29. The average Bonchev–Trinajstić information content (AvgIpc) is 2.87. The van der Waals surface area contributed by atoms with E-state index in [2.05, 4.69) is 0 Å². The molecule has 1 aliphatic carbocycles. The van der Waals surface area contributed by atoms with Gasteiger partial charge in [0.25, 0.3) is 0 Å². The Morgan fingerprint density at radius 1 is 1.42 bits per heavy atom. The molecule has 0 radical (unpaired) electrons. The van der Waals surface area contributed by atoms with Gasteiger partial charge in [0.15, 0.2) is 0 Å². The molecule has 1 nitrogen and oxygen atoms in total. The molecule has 0 amide bonds. The predicted molar refractivity (Wildman–Crippen MR) is 44.9 cm³/mol. The van der Waals surface area contributed by atoms with Gasteiger partial charge in [0.2, 0.25) is 0 Å². The first-order valence-electron chi connectivity index (χ1n) is 4.15. The zero-order chi connectivity index (χ0) is 8.55. The van der Waals surface area contributed by atoms with Gasteiger partial charge in [-0.1, -0.05) is 6.07 Å². The lowest BCUT2D eigenvalue weighted by atomic mass is 10.1. The fourth-order valence-electron chi connectivity index (χ4n) is 1.46. The molecule has 1 aliphatic rings. The summed E-state index contributed by atoms with van der Waals surface area (Å²) < 4.78 is 18.3. The molecule has 1 fully saturated rings. The summed E-state index contributed by atoms with van der Waals surface area (Å²) in [5.74, 6) is 0.968. The van der Waals surface area contributed by atoms with E-state index in [4.69, 9.17) is 4.74 Å². The standard InChI is InChI=1S/C10H11FO/c1-12-9-4-2-3-8(11)10(9)7-5-6-7/h2-4,7H,5-6H2,1H3. The summed E-state index contributed by atoms with van der Waals surface area (Å²) in [5, 5.41) is 0. The largest absolute Gasteiger partial charge is 0.496 e. The van der Waals surface area contributed by atoms with E-state index in [1.165, 1.54) is 6.07 Å². The molecule has 0 spiro atoms. The summed E-state index contributed by atoms with van der Waals surface area (Å²) in [5.41, 5.74) is 0.764. The Bertz CT molecular complexity index is 292. The second-order valence-electron chi connectivity index (χ2n) is 3.13. The number of hydrogen-bond acceptors (Lipinski definition) is 1. The van der Waals surface area contributed by atoms with Crippen LogP contribution in [0.5, 0.6) is 5.75 Å². The maximum atomic E-state index is 13.2. The van der Waals surface area contributed by atoms with Crippen LogP contribution in [0.15, 0.2) is 18.2 Å². The minimum Gasteiger partial charge on any atom is -0.496 e. The van der Waals surface area contributed by atoms with Crippen LogP contribution in [-0.2, 0) is 0 Å². The maximum absolute atomic E-state index is 13.2. The van der Waals surface area contributed by atoms with E-state index in [0.717, 1.165) is 18.4 Å². The molecule has 1 aromatic rings. The number of hydrogen-bond donors (Lipinski definition) is 0. The van der Waals surface area contributed by atoms with Gasteiger partial charge in [-0.05, 0) is 30.9 Å². The second-order valence-corrected chi connectivity index (χ2v) is 3.13. The third-order valence-corrected chi connectivity index (χ3v) is 2.22. The minimum atomic E-state index is -0.128. The Balaban J connectivity index is 2.45. The predicted octanol–water partition coefficient (Wildman–Crippen LogP) is 2.71. The van der Waals surface area contributed by atoms with Crippen molar-refractivity contribution in [2.75, 3.05) is 7.11 Å². The van der Waals surface area contributed by atoms with E-state index in [0.29, 0.717) is 11.7 Å². The van der Waals surface area contributed by atoms with Crippen LogP contribution in [0.3, 0.4) is 0 Å². The first-order chi connectivity index (χ1) is 5.83. The topological polar surface area (TPSA) is 9.23 Å². The Kier molecular flexibility index (Phi) is 1.75. The van der Waals surface area contributed by atoms with Crippen LogP contribution in [0.4, 0.5) is 4.39 Å². The lowest BCUT2D eigenvalue weighted by Crippen LogP contribution is -1.93. The normalized spacial score (nSPS) is 16.2. The molecule has 12 heavy (non-hydrogen) atoms. The molecular formula is C10H11FO. The Morgan fingerprint density at radius 2 is 2.17 bits per heavy atom. The highest BCUT2D eigenvalue weighted by atomic mass is 19.1. The number of halogens is 1. The van der Waals surface area contributed by atoms with Gasteiger partial charge in [0.1, 0.15) is 11.6 Å². The van der Waals surface area contributed by atoms with Gasteiger partial charge in [-0.15, -0.1) is 0 Å². The van der Waals surface area contributed by atoms with Gasteiger partial charge in [-0.2, -0.15) is 0 Å². The van der Waals surface area contributed by atoms with Crippen molar-refractivity contribution >= 4 is 0 Å². The highest BCUT2D eigenvalue weighted by molar-refractivity contribution is 5.39. The van der Waals surface area contributed by atoms with E-state index in [9.17, 15) is 4.39 Å². The van der Waals surface area contributed by atoms with Crippen molar-refractivity contribution < 1.29 is 9.13 Å². The summed E-state index contributed by atoms with van der Waals surface area (Å²) in [6.45, 7) is 0. The Labute approximate surface area is 71.2 Å². The fraction of sp³-hybridized carbons (Fsp3) is 0.400. The second kappa shape index (κ2) is 2.77. The van der Waals surface area contributed by atoms with Gasteiger partial charge in [-0.25, -0.2) is 4.39 Å². The number of benzene rings is 1. The van der Waals surface area contributed by atoms with E-state index in [1.807, 2.05) is 6.07 Å². The molecule has 0 unspecified atom stereocenters. The molecule has 0 bridgehead atoms. The zero-order valence-electron chi connectivity index (χ0n) is 7.01.